The summed E-state index contributed by atoms with van der Waals surface area (Å²) in [5.41, 5.74) is 2.93. The van der Waals surface area contributed by atoms with Gasteiger partial charge in [-0.15, -0.1) is 0 Å². The Balaban J connectivity index is 0.00000144. The van der Waals surface area contributed by atoms with Gasteiger partial charge in [-0.2, -0.15) is 0 Å². The van der Waals surface area contributed by atoms with Gasteiger partial charge in [0.1, 0.15) is 0 Å². The molecule has 0 bridgehead atoms. The molecule has 0 aliphatic rings. The van der Waals surface area contributed by atoms with Gasteiger partial charge < -0.3 is 9.90 Å². The summed E-state index contributed by atoms with van der Waals surface area (Å²) < 4.78 is 0. The van der Waals surface area contributed by atoms with E-state index in [4.69, 9.17) is 0 Å². The van der Waals surface area contributed by atoms with Crippen molar-refractivity contribution in [3.05, 3.63) is 34.9 Å². The van der Waals surface area contributed by atoms with Crippen LogP contribution < -0.4 is 24.0 Å². The Morgan fingerprint density at radius 3 is 2.54 bits per heavy atom. The normalized spacial score (nSPS) is 9.08. The van der Waals surface area contributed by atoms with Gasteiger partial charge in [-0.05, 0) is 25.0 Å². The van der Waals surface area contributed by atoms with Crippen LogP contribution in [0, 0.1) is 13.8 Å². The summed E-state index contributed by atoms with van der Waals surface area (Å²) in [6.45, 7) is 3.84. The van der Waals surface area contributed by atoms with Crippen LogP contribution in [-0.4, -0.2) is 5.97 Å². The number of carboxylic acids is 1. The monoisotopic (exact) mass is 170 g/mol. The third kappa shape index (κ3) is 3.67. The Morgan fingerprint density at radius 2 is 2.00 bits per heavy atom. The summed E-state index contributed by atoms with van der Waals surface area (Å²) in [5, 5.41) is 10.3. The molecule has 0 saturated heterocycles. The fourth-order valence-corrected chi connectivity index (χ4v) is 1.15. The Morgan fingerprint density at radius 1 is 1.38 bits per heavy atom. The van der Waals surface area contributed by atoms with Gasteiger partial charge in [-0.25, -0.2) is 0 Å². The number of carboxylic acid groups (broad SMARTS) is 1. The number of aryl methyl sites for hydroxylation is 2. The molecule has 13 heavy (non-hydrogen) atoms. The van der Waals surface area contributed by atoms with Gasteiger partial charge >= 0.3 is 18.9 Å². The van der Waals surface area contributed by atoms with Crippen molar-refractivity contribution in [3.8, 4) is 0 Å². The van der Waals surface area contributed by atoms with E-state index >= 15 is 0 Å². The average Bonchev–Trinajstić information content (AvgIpc) is 1.96. The zero-order chi connectivity index (χ0) is 9.14. The van der Waals surface area contributed by atoms with Crippen molar-refractivity contribution in [1.29, 1.82) is 0 Å². The topological polar surface area (TPSA) is 40.1 Å². The fourth-order valence-electron chi connectivity index (χ4n) is 1.15. The van der Waals surface area contributed by atoms with Crippen molar-refractivity contribution in [1.82, 2.24) is 0 Å². The molecule has 0 aliphatic heterocycles. The van der Waals surface area contributed by atoms with Crippen molar-refractivity contribution < 1.29 is 28.8 Å². The van der Waals surface area contributed by atoms with Gasteiger partial charge in [0.15, 0.2) is 0 Å². The maximum Gasteiger partial charge on any atom is 1.00 e. The Hall–Kier alpha value is -0.713. The van der Waals surface area contributed by atoms with Crippen molar-refractivity contribution in [2.45, 2.75) is 20.3 Å². The molecule has 2 nitrogen and oxygen atoms in total. The zero-order valence-electron chi connectivity index (χ0n) is 8.26. The number of benzene rings is 1. The number of hydrogen-bond acceptors (Lipinski definition) is 2. The molecule has 0 aliphatic carbocycles. The number of hydrogen-bond donors (Lipinski definition) is 0. The van der Waals surface area contributed by atoms with E-state index in [1.807, 2.05) is 32.0 Å². The molecule has 1 rings (SSSR count). The van der Waals surface area contributed by atoms with E-state index in [0.717, 1.165) is 16.7 Å². The Labute approximate surface area is 90.1 Å². The average molecular weight is 170 g/mol. The van der Waals surface area contributed by atoms with Gasteiger partial charge in [-0.3, -0.25) is 0 Å². The van der Waals surface area contributed by atoms with Gasteiger partial charge in [0.25, 0.3) is 0 Å². The summed E-state index contributed by atoms with van der Waals surface area (Å²) in [6.07, 6.45) is 0.00745. The van der Waals surface area contributed by atoms with Gasteiger partial charge in [0, 0.05) is 12.4 Å². The van der Waals surface area contributed by atoms with Crippen LogP contribution in [-0.2, 0) is 11.2 Å². The molecular weight excluding hydrogens is 159 g/mol. The first-order valence-corrected chi connectivity index (χ1v) is 3.85. The van der Waals surface area contributed by atoms with E-state index in [1.54, 1.807) is 0 Å². The molecule has 64 valence electrons. The number of rotatable bonds is 2. The molecule has 0 unspecified atom stereocenters. The third-order valence-electron chi connectivity index (χ3n) is 1.84. The maximum atomic E-state index is 10.3. The first kappa shape index (κ1) is 12.3. The van der Waals surface area contributed by atoms with E-state index in [2.05, 4.69) is 0 Å². The van der Waals surface area contributed by atoms with Gasteiger partial charge in [0.05, 0.1) is 0 Å². The van der Waals surface area contributed by atoms with Gasteiger partial charge in [0.2, 0.25) is 0 Å². The second-order valence-electron chi connectivity index (χ2n) is 2.98. The molecule has 0 fully saturated rings. The first-order valence-electron chi connectivity index (χ1n) is 3.85. The standard InChI is InChI=1S/C10H12O2.Li/c1-7-3-4-8(2)9(5-7)6-10(11)12;/h3-5H,6H2,1-2H3,(H,11,12);/q;+1/p-1. The molecule has 1 aromatic rings. The molecule has 0 amide bonds. The zero-order valence-corrected chi connectivity index (χ0v) is 8.26. The van der Waals surface area contributed by atoms with Crippen LogP contribution in [0.3, 0.4) is 0 Å². The van der Waals surface area contributed by atoms with Crippen molar-refractivity contribution in [2.24, 2.45) is 0 Å². The SMILES string of the molecule is Cc1ccc(C)c(CC(=O)[O-])c1.[Li+]. The summed E-state index contributed by atoms with van der Waals surface area (Å²) in [4.78, 5) is 10.3. The summed E-state index contributed by atoms with van der Waals surface area (Å²) in [5.74, 6) is -1.02. The summed E-state index contributed by atoms with van der Waals surface area (Å²) in [6, 6.07) is 5.77. The van der Waals surface area contributed by atoms with E-state index in [-0.39, 0.29) is 25.3 Å². The largest absolute Gasteiger partial charge is 1.00 e. The van der Waals surface area contributed by atoms with E-state index in [9.17, 15) is 9.90 Å². The molecule has 3 heteroatoms. The van der Waals surface area contributed by atoms with Crippen LogP contribution in [0.25, 0.3) is 0 Å². The molecule has 0 N–H and O–H groups in total. The van der Waals surface area contributed by atoms with Gasteiger partial charge in [-0.1, -0.05) is 23.8 Å². The molecule has 0 saturated carbocycles. The summed E-state index contributed by atoms with van der Waals surface area (Å²) >= 11 is 0. The Kier molecular flexibility index (Phi) is 4.83. The fraction of sp³-hybridized carbons (Fsp3) is 0.300. The van der Waals surface area contributed by atoms with E-state index < -0.39 is 5.97 Å². The number of carbonyl (C=O) groups is 1. The van der Waals surface area contributed by atoms with Crippen LogP contribution >= 0.6 is 0 Å². The van der Waals surface area contributed by atoms with E-state index in [0.29, 0.717) is 0 Å². The number of aliphatic carboxylic acids is 1. The first-order chi connectivity index (χ1) is 5.59. The molecule has 1 aromatic carbocycles. The second kappa shape index (κ2) is 5.11. The van der Waals surface area contributed by atoms with Crippen LogP contribution in [0.1, 0.15) is 16.7 Å². The van der Waals surface area contributed by atoms with E-state index in [1.165, 1.54) is 0 Å². The molecule has 0 radical (unpaired) electrons. The predicted octanol–water partition coefficient (Wildman–Crippen LogP) is -2.40. The molecule has 0 atom stereocenters. The minimum Gasteiger partial charge on any atom is -0.550 e. The van der Waals surface area contributed by atoms with Crippen molar-refractivity contribution >= 4 is 5.97 Å². The third-order valence-corrected chi connectivity index (χ3v) is 1.84. The number of carbonyl (C=O) groups excluding carboxylic acids is 1. The molecular formula is C10H11LiO2. The molecule has 0 spiro atoms. The van der Waals surface area contributed by atoms with Crippen molar-refractivity contribution in [2.75, 3.05) is 0 Å². The molecule has 0 aromatic heterocycles. The minimum atomic E-state index is -1.02. The maximum absolute atomic E-state index is 10.3. The molecule has 0 heterocycles. The van der Waals surface area contributed by atoms with Crippen molar-refractivity contribution in [3.63, 3.8) is 0 Å². The Bertz CT molecular complexity index is 308. The van der Waals surface area contributed by atoms with Crippen LogP contribution in [0.15, 0.2) is 18.2 Å². The minimum absolute atomic E-state index is 0. The summed E-state index contributed by atoms with van der Waals surface area (Å²) in [7, 11) is 0. The van der Waals surface area contributed by atoms with Crippen LogP contribution in [0.5, 0.6) is 0 Å². The van der Waals surface area contributed by atoms with Crippen LogP contribution in [0.4, 0.5) is 0 Å². The van der Waals surface area contributed by atoms with Crippen LogP contribution in [0.2, 0.25) is 0 Å². The second-order valence-corrected chi connectivity index (χ2v) is 2.98. The quantitative estimate of drug-likeness (QED) is 0.464. The smallest absolute Gasteiger partial charge is 0.550 e. The predicted molar refractivity (Wildman–Crippen MR) is 44.6 cm³/mol.